The zero-order valence-electron chi connectivity index (χ0n) is 15.4. The first-order chi connectivity index (χ1) is 13.0. The van der Waals surface area contributed by atoms with Crippen molar-refractivity contribution in [3.63, 3.8) is 0 Å². The highest BCUT2D eigenvalue weighted by atomic mass is 35.5. The molecule has 144 valence electrons. The summed E-state index contributed by atoms with van der Waals surface area (Å²) in [5, 5.41) is 6.32. The average Bonchev–Trinajstić information content (AvgIpc) is 2.64. The van der Waals surface area contributed by atoms with E-state index in [1.54, 1.807) is 12.1 Å². The number of rotatable bonds is 9. The molecule has 27 heavy (non-hydrogen) atoms. The quantitative estimate of drug-likeness (QED) is 0.597. The molecule has 0 aliphatic heterocycles. The SMILES string of the molecule is CCOCCCNC(=O)c1ccc(Sc2ccc(Cl)cc2)c(NC(C)=O)c1. The number of benzene rings is 2. The summed E-state index contributed by atoms with van der Waals surface area (Å²) >= 11 is 7.41. The second-order valence-corrected chi connectivity index (χ2v) is 7.31. The molecule has 0 heterocycles. The molecule has 2 aromatic rings. The number of hydrogen-bond acceptors (Lipinski definition) is 4. The fraction of sp³-hybridized carbons (Fsp3) is 0.300. The Morgan fingerprint density at radius 3 is 2.56 bits per heavy atom. The normalized spacial score (nSPS) is 10.5. The molecule has 0 aromatic heterocycles. The van der Waals surface area contributed by atoms with E-state index in [4.69, 9.17) is 16.3 Å². The molecular weight excluding hydrogens is 384 g/mol. The molecule has 5 nitrogen and oxygen atoms in total. The van der Waals surface area contributed by atoms with Crippen LogP contribution in [0.15, 0.2) is 52.3 Å². The highest BCUT2D eigenvalue weighted by Gasteiger charge is 2.12. The predicted molar refractivity (Wildman–Crippen MR) is 110 cm³/mol. The first-order valence-electron chi connectivity index (χ1n) is 8.70. The molecule has 0 aliphatic rings. The average molecular weight is 407 g/mol. The molecule has 0 radical (unpaired) electrons. The van der Waals surface area contributed by atoms with E-state index in [-0.39, 0.29) is 11.8 Å². The number of anilines is 1. The van der Waals surface area contributed by atoms with Gasteiger partial charge >= 0.3 is 0 Å². The Labute approximate surface area is 168 Å². The minimum atomic E-state index is -0.192. The smallest absolute Gasteiger partial charge is 0.251 e. The molecule has 2 rings (SSSR count). The van der Waals surface area contributed by atoms with Crippen molar-refractivity contribution in [2.45, 2.75) is 30.1 Å². The van der Waals surface area contributed by atoms with Gasteiger partial charge < -0.3 is 15.4 Å². The number of nitrogens with one attached hydrogen (secondary N) is 2. The standard InChI is InChI=1S/C20H23ClN2O3S/c1-3-26-12-4-11-22-20(25)15-5-10-19(18(13-15)23-14(2)24)27-17-8-6-16(21)7-9-17/h5-10,13H,3-4,11-12H2,1-2H3,(H,22,25)(H,23,24). The summed E-state index contributed by atoms with van der Waals surface area (Å²) in [7, 11) is 0. The number of halogens is 1. The van der Waals surface area contributed by atoms with Crippen molar-refractivity contribution < 1.29 is 14.3 Å². The first kappa shape index (κ1) is 21.3. The fourth-order valence-corrected chi connectivity index (χ4v) is 3.31. The summed E-state index contributed by atoms with van der Waals surface area (Å²) < 4.78 is 5.25. The minimum Gasteiger partial charge on any atom is -0.382 e. The predicted octanol–water partition coefficient (Wildman–Crippen LogP) is 4.61. The minimum absolute atomic E-state index is 0.179. The van der Waals surface area contributed by atoms with E-state index in [2.05, 4.69) is 10.6 Å². The third-order valence-corrected chi connectivity index (χ3v) is 4.88. The van der Waals surface area contributed by atoms with Crippen molar-refractivity contribution in [2.75, 3.05) is 25.1 Å². The van der Waals surface area contributed by atoms with Crippen LogP contribution in [0.4, 0.5) is 5.69 Å². The molecule has 2 amide bonds. The van der Waals surface area contributed by atoms with E-state index in [1.807, 2.05) is 37.3 Å². The lowest BCUT2D eigenvalue weighted by molar-refractivity contribution is -0.114. The lowest BCUT2D eigenvalue weighted by Gasteiger charge is -2.12. The second-order valence-electron chi connectivity index (χ2n) is 5.75. The van der Waals surface area contributed by atoms with Crippen LogP contribution in [0.3, 0.4) is 0 Å². The summed E-state index contributed by atoms with van der Waals surface area (Å²) in [6.07, 6.45) is 0.753. The van der Waals surface area contributed by atoms with Gasteiger partial charge in [-0.15, -0.1) is 0 Å². The van der Waals surface area contributed by atoms with Crippen molar-refractivity contribution in [1.29, 1.82) is 0 Å². The molecule has 0 atom stereocenters. The van der Waals surface area contributed by atoms with Crippen molar-refractivity contribution in [1.82, 2.24) is 5.32 Å². The summed E-state index contributed by atoms with van der Waals surface area (Å²) in [4.78, 5) is 25.7. The summed E-state index contributed by atoms with van der Waals surface area (Å²) in [6, 6.07) is 12.7. The van der Waals surface area contributed by atoms with Crippen LogP contribution in [0.1, 0.15) is 30.6 Å². The molecule has 0 bridgehead atoms. The third kappa shape index (κ3) is 7.25. The Bertz CT molecular complexity index is 781. The van der Waals surface area contributed by atoms with E-state index < -0.39 is 0 Å². The Morgan fingerprint density at radius 1 is 1.15 bits per heavy atom. The van der Waals surface area contributed by atoms with Crippen LogP contribution in [0.25, 0.3) is 0 Å². The van der Waals surface area contributed by atoms with Crippen LogP contribution in [-0.4, -0.2) is 31.6 Å². The third-order valence-electron chi connectivity index (χ3n) is 3.55. The van der Waals surface area contributed by atoms with Gasteiger partial charge in [0.05, 0.1) is 5.69 Å². The Morgan fingerprint density at radius 2 is 1.89 bits per heavy atom. The molecule has 0 aliphatic carbocycles. The highest BCUT2D eigenvalue weighted by Crippen LogP contribution is 2.34. The number of amides is 2. The van der Waals surface area contributed by atoms with Gasteiger partial charge in [-0.3, -0.25) is 9.59 Å². The molecular formula is C20H23ClN2O3S. The maximum Gasteiger partial charge on any atom is 0.251 e. The van der Waals surface area contributed by atoms with Crippen molar-refractivity contribution in [3.8, 4) is 0 Å². The lowest BCUT2D eigenvalue weighted by Crippen LogP contribution is -2.25. The van der Waals surface area contributed by atoms with Gasteiger partial charge in [0.25, 0.3) is 5.91 Å². The van der Waals surface area contributed by atoms with Crippen molar-refractivity contribution >= 4 is 40.9 Å². The van der Waals surface area contributed by atoms with Gasteiger partial charge in [0.15, 0.2) is 0 Å². The fourth-order valence-electron chi connectivity index (χ4n) is 2.30. The monoisotopic (exact) mass is 406 g/mol. The molecule has 7 heteroatoms. The lowest BCUT2D eigenvalue weighted by atomic mass is 10.2. The summed E-state index contributed by atoms with van der Waals surface area (Å²) in [6.45, 7) is 5.20. The number of carbonyl (C=O) groups excluding carboxylic acids is 2. The Kier molecular flexibility index (Phi) is 8.64. The molecule has 0 fully saturated rings. The van der Waals surface area contributed by atoms with Crippen LogP contribution >= 0.6 is 23.4 Å². The van der Waals surface area contributed by atoms with Crippen molar-refractivity contribution in [2.24, 2.45) is 0 Å². The van der Waals surface area contributed by atoms with Gasteiger partial charge in [-0.25, -0.2) is 0 Å². The molecule has 0 spiro atoms. The first-order valence-corrected chi connectivity index (χ1v) is 9.90. The molecule has 0 saturated carbocycles. The van der Waals surface area contributed by atoms with E-state index in [0.717, 1.165) is 16.2 Å². The molecule has 0 unspecified atom stereocenters. The zero-order chi connectivity index (χ0) is 19.6. The van der Waals surface area contributed by atoms with E-state index in [1.165, 1.54) is 18.7 Å². The number of carbonyl (C=O) groups is 2. The van der Waals surface area contributed by atoms with Crippen LogP contribution in [0, 0.1) is 0 Å². The Balaban J connectivity index is 2.10. The second kappa shape index (κ2) is 11.0. The largest absolute Gasteiger partial charge is 0.382 e. The van der Waals surface area contributed by atoms with Gasteiger partial charge in [0.1, 0.15) is 0 Å². The van der Waals surface area contributed by atoms with Crippen LogP contribution in [-0.2, 0) is 9.53 Å². The van der Waals surface area contributed by atoms with Crippen LogP contribution in [0.2, 0.25) is 5.02 Å². The van der Waals surface area contributed by atoms with Crippen LogP contribution in [0.5, 0.6) is 0 Å². The highest BCUT2D eigenvalue weighted by molar-refractivity contribution is 7.99. The van der Waals surface area contributed by atoms with Crippen molar-refractivity contribution in [3.05, 3.63) is 53.1 Å². The van der Waals surface area contributed by atoms with Gasteiger partial charge in [0, 0.05) is 47.1 Å². The maximum absolute atomic E-state index is 12.3. The van der Waals surface area contributed by atoms with E-state index >= 15 is 0 Å². The molecule has 0 saturated heterocycles. The van der Waals surface area contributed by atoms with E-state index in [0.29, 0.717) is 36.0 Å². The molecule has 2 aromatic carbocycles. The van der Waals surface area contributed by atoms with Crippen LogP contribution < -0.4 is 10.6 Å². The number of ether oxygens (including phenoxy) is 1. The van der Waals surface area contributed by atoms with Gasteiger partial charge in [0.2, 0.25) is 5.91 Å². The summed E-state index contributed by atoms with van der Waals surface area (Å²) in [5.41, 5.74) is 1.10. The topological polar surface area (TPSA) is 67.4 Å². The zero-order valence-corrected chi connectivity index (χ0v) is 17.0. The van der Waals surface area contributed by atoms with Gasteiger partial charge in [-0.2, -0.15) is 0 Å². The Hall–Kier alpha value is -2.02. The maximum atomic E-state index is 12.3. The van der Waals surface area contributed by atoms with Gasteiger partial charge in [-0.1, -0.05) is 23.4 Å². The van der Waals surface area contributed by atoms with E-state index in [9.17, 15) is 9.59 Å². The van der Waals surface area contributed by atoms with Gasteiger partial charge in [-0.05, 0) is 55.8 Å². The number of hydrogen-bond donors (Lipinski definition) is 2. The molecule has 2 N–H and O–H groups in total. The summed E-state index contributed by atoms with van der Waals surface area (Å²) in [5.74, 6) is -0.372.